The van der Waals surface area contributed by atoms with Gasteiger partial charge in [-0.25, -0.2) is 4.98 Å². The largest absolute Gasteiger partial charge is 0.465 e. The average molecular weight is 985 g/mol. The van der Waals surface area contributed by atoms with E-state index in [-0.39, 0.29) is 11.9 Å². The lowest BCUT2D eigenvalue weighted by molar-refractivity contribution is -0.146. The summed E-state index contributed by atoms with van der Waals surface area (Å²) in [6.07, 6.45) is 62.2. The molecule has 0 aliphatic carbocycles. The fourth-order valence-corrected chi connectivity index (χ4v) is 10.6. The first kappa shape index (κ1) is 66.1. The third-order valence-electron chi connectivity index (χ3n) is 15.4. The molecule has 1 aromatic heterocycles. The lowest BCUT2D eigenvalue weighted by Gasteiger charge is -2.32. The summed E-state index contributed by atoms with van der Waals surface area (Å²) >= 11 is 0. The number of hydrogen-bond donors (Lipinski definition) is 0. The Kier molecular flexibility index (Phi) is 49.1. The summed E-state index contributed by atoms with van der Waals surface area (Å²) in [6.45, 7) is 15.9. The molecule has 1 aromatic rings. The van der Waals surface area contributed by atoms with E-state index in [9.17, 15) is 9.59 Å². The van der Waals surface area contributed by atoms with Crippen molar-refractivity contribution in [3.63, 3.8) is 0 Å². The number of hydrogen-bond acceptors (Lipinski definition) is 6. The third kappa shape index (κ3) is 42.6. The first-order valence-corrected chi connectivity index (χ1v) is 31.5. The molecule has 2 atom stereocenters. The van der Waals surface area contributed by atoms with Gasteiger partial charge in [0.1, 0.15) is 0 Å². The lowest BCUT2D eigenvalue weighted by atomic mass is 9.96. The van der Waals surface area contributed by atoms with Gasteiger partial charge in [-0.1, -0.05) is 253 Å². The molecule has 0 aliphatic rings. The maximum Gasteiger partial charge on any atom is 0.305 e. The van der Waals surface area contributed by atoms with Crippen LogP contribution in [0, 0.1) is 11.8 Å². The minimum atomic E-state index is 0.0201. The van der Waals surface area contributed by atoms with Crippen LogP contribution in [0.4, 0.5) is 0 Å². The van der Waals surface area contributed by atoms with Crippen LogP contribution in [-0.4, -0.2) is 58.7 Å². The van der Waals surface area contributed by atoms with Crippen molar-refractivity contribution in [2.24, 2.45) is 11.8 Å². The summed E-state index contributed by atoms with van der Waals surface area (Å²) in [4.78, 5) is 32.6. The number of nitrogens with zero attached hydrogens (tertiary/aromatic N) is 3. The summed E-state index contributed by atoms with van der Waals surface area (Å²) in [7, 11) is 0. The number of carbonyl (C=O) groups is 2. The van der Waals surface area contributed by atoms with Gasteiger partial charge in [0.05, 0.1) is 19.5 Å². The quantitative estimate of drug-likeness (QED) is 0.0478. The summed E-state index contributed by atoms with van der Waals surface area (Å²) < 4.78 is 13.9. The second-order valence-electron chi connectivity index (χ2n) is 22.1. The van der Waals surface area contributed by atoms with Gasteiger partial charge >= 0.3 is 11.9 Å². The molecule has 0 N–H and O–H groups in total. The Morgan fingerprint density at radius 2 is 0.757 bits per heavy atom. The molecule has 0 radical (unpaired) electrons. The molecular weight excluding hydrogens is 863 g/mol. The van der Waals surface area contributed by atoms with Gasteiger partial charge in [0.25, 0.3) is 0 Å². The topological polar surface area (TPSA) is 73.7 Å². The van der Waals surface area contributed by atoms with Crippen LogP contribution < -0.4 is 0 Å². The summed E-state index contributed by atoms with van der Waals surface area (Å²) in [5.74, 6) is 1.12. The molecule has 0 saturated heterocycles. The van der Waals surface area contributed by atoms with E-state index in [1.54, 1.807) is 0 Å². The zero-order chi connectivity index (χ0) is 50.6. The predicted molar refractivity (Wildman–Crippen MR) is 303 cm³/mol. The van der Waals surface area contributed by atoms with Crippen LogP contribution >= 0.6 is 0 Å². The van der Waals surface area contributed by atoms with Gasteiger partial charge in [-0.15, -0.1) is 0 Å². The fourth-order valence-electron chi connectivity index (χ4n) is 10.6. The van der Waals surface area contributed by atoms with Gasteiger partial charge in [-0.2, -0.15) is 0 Å². The highest BCUT2D eigenvalue weighted by Gasteiger charge is 2.19. The van der Waals surface area contributed by atoms with Crippen molar-refractivity contribution in [1.29, 1.82) is 0 Å². The van der Waals surface area contributed by atoms with Crippen LogP contribution in [0.1, 0.15) is 324 Å². The predicted octanol–water partition coefficient (Wildman–Crippen LogP) is 19.5. The third-order valence-corrected chi connectivity index (χ3v) is 15.4. The molecule has 0 amide bonds. The number of aromatic nitrogens is 2. The second kappa shape index (κ2) is 52.0. The molecule has 0 aliphatic heterocycles. The van der Waals surface area contributed by atoms with E-state index >= 15 is 0 Å². The molecule has 7 nitrogen and oxygen atoms in total. The number of imidazole rings is 1. The molecule has 412 valence electrons. The zero-order valence-electron chi connectivity index (χ0n) is 47.8. The maximum absolute atomic E-state index is 12.7. The molecule has 2 unspecified atom stereocenters. The summed E-state index contributed by atoms with van der Waals surface area (Å²) in [5, 5.41) is 0. The Morgan fingerprint density at radius 1 is 0.414 bits per heavy atom. The van der Waals surface area contributed by atoms with E-state index in [0.717, 1.165) is 38.8 Å². The average Bonchev–Trinajstić information content (AvgIpc) is 3.90. The SMILES string of the molecule is CCCCCCCCCCCCCCCN(CCn1ccnc1)C(CCCCCCCCC(=O)OCC(CCCC)CCCCCC)CCCCCCCCC(=O)OCC(CCCC)CCCCCC. The Bertz CT molecular complexity index is 1150. The molecule has 0 fully saturated rings. The van der Waals surface area contributed by atoms with E-state index in [1.807, 2.05) is 12.5 Å². The standard InChI is InChI=1S/C63H121N3O4/c1-6-11-16-19-20-21-22-23-24-25-30-35-42-52-66(55-54-65-53-51-64-58-65)61(47-38-31-26-28-33-40-49-62(67)69-56-59(43-14-9-4)45-36-17-12-7-2)48-39-32-27-29-34-41-50-63(68)70-57-60(44-15-10-5)46-37-18-13-8-3/h51,53,58-61H,6-50,52,54-57H2,1-5H3. The van der Waals surface area contributed by atoms with Crippen LogP contribution in [0.25, 0.3) is 0 Å². The van der Waals surface area contributed by atoms with Gasteiger partial charge in [-0.3, -0.25) is 14.5 Å². The van der Waals surface area contributed by atoms with E-state index in [1.165, 1.54) is 257 Å². The molecule has 70 heavy (non-hydrogen) atoms. The molecule has 0 saturated carbocycles. The highest BCUT2D eigenvalue weighted by molar-refractivity contribution is 5.69. The number of carbonyl (C=O) groups excluding carboxylic acids is 2. The van der Waals surface area contributed by atoms with E-state index in [2.05, 4.69) is 55.3 Å². The Morgan fingerprint density at radius 3 is 1.16 bits per heavy atom. The van der Waals surface area contributed by atoms with Crippen LogP contribution in [0.15, 0.2) is 18.7 Å². The maximum atomic E-state index is 12.7. The van der Waals surface area contributed by atoms with Gasteiger partial charge in [0.2, 0.25) is 0 Å². The van der Waals surface area contributed by atoms with E-state index in [4.69, 9.17) is 9.47 Å². The van der Waals surface area contributed by atoms with Gasteiger partial charge in [0, 0.05) is 44.4 Å². The Balaban J connectivity index is 2.61. The molecule has 7 heteroatoms. The first-order chi connectivity index (χ1) is 34.5. The van der Waals surface area contributed by atoms with Crippen LogP contribution in [0.2, 0.25) is 0 Å². The first-order valence-electron chi connectivity index (χ1n) is 31.5. The molecular formula is C63H121N3O4. The molecule has 1 rings (SSSR count). The monoisotopic (exact) mass is 984 g/mol. The van der Waals surface area contributed by atoms with Crippen molar-refractivity contribution in [2.75, 3.05) is 26.3 Å². The lowest BCUT2D eigenvalue weighted by Crippen LogP contribution is -2.38. The second-order valence-corrected chi connectivity index (χ2v) is 22.1. The highest BCUT2D eigenvalue weighted by atomic mass is 16.5. The van der Waals surface area contributed by atoms with Gasteiger partial charge < -0.3 is 14.0 Å². The summed E-state index contributed by atoms with van der Waals surface area (Å²) in [6, 6.07) is 0.631. The number of esters is 2. The normalized spacial score (nSPS) is 13.0. The molecule has 0 spiro atoms. The molecule has 0 aromatic carbocycles. The number of rotatable bonds is 56. The smallest absolute Gasteiger partial charge is 0.305 e. The van der Waals surface area contributed by atoms with Crippen LogP contribution in [0.5, 0.6) is 0 Å². The van der Waals surface area contributed by atoms with Crippen molar-refractivity contribution in [2.45, 2.75) is 336 Å². The van der Waals surface area contributed by atoms with Crippen molar-refractivity contribution in [3.8, 4) is 0 Å². The van der Waals surface area contributed by atoms with Crippen molar-refractivity contribution < 1.29 is 19.1 Å². The van der Waals surface area contributed by atoms with E-state index in [0.29, 0.717) is 43.9 Å². The van der Waals surface area contributed by atoms with Gasteiger partial charge in [-0.05, 0) is 76.2 Å². The van der Waals surface area contributed by atoms with Crippen LogP contribution in [0.3, 0.4) is 0 Å². The van der Waals surface area contributed by atoms with Crippen molar-refractivity contribution in [1.82, 2.24) is 14.5 Å². The van der Waals surface area contributed by atoms with Crippen molar-refractivity contribution in [3.05, 3.63) is 18.7 Å². The van der Waals surface area contributed by atoms with Crippen LogP contribution in [-0.2, 0) is 25.6 Å². The zero-order valence-corrected chi connectivity index (χ0v) is 47.8. The molecule has 0 bridgehead atoms. The van der Waals surface area contributed by atoms with E-state index < -0.39 is 0 Å². The minimum absolute atomic E-state index is 0.0201. The highest BCUT2D eigenvalue weighted by Crippen LogP contribution is 2.23. The summed E-state index contributed by atoms with van der Waals surface area (Å²) in [5.41, 5.74) is 0. The Labute approximate surface area is 436 Å². The fraction of sp³-hybridized carbons (Fsp3) is 0.921. The van der Waals surface area contributed by atoms with Crippen molar-refractivity contribution >= 4 is 11.9 Å². The van der Waals surface area contributed by atoms with Gasteiger partial charge in [0.15, 0.2) is 0 Å². The Hall–Kier alpha value is -1.89. The molecule has 1 heterocycles. The number of ether oxygens (including phenoxy) is 2. The minimum Gasteiger partial charge on any atom is -0.465 e. The number of unbranched alkanes of at least 4 members (excludes halogenated alkanes) is 30.